The molecule has 1 aliphatic rings. The Kier molecular flexibility index (Phi) is 9.10. The van der Waals surface area contributed by atoms with Crippen LogP contribution in [-0.4, -0.2) is 0 Å². The van der Waals surface area contributed by atoms with Crippen LogP contribution in [0.1, 0.15) is 43.6 Å². The van der Waals surface area contributed by atoms with E-state index in [9.17, 15) is 0 Å². The Morgan fingerprint density at radius 3 is 1.12 bits per heavy atom. The fraction of sp³-hybridized carbons (Fsp3) is 0.250. The molecule has 0 atom stereocenters. The quantitative estimate of drug-likeness (QED) is 0.449. The number of hydrogen-bond acceptors (Lipinski definition) is 0. The van der Waals surface area contributed by atoms with Crippen molar-refractivity contribution in [3.63, 3.8) is 0 Å². The molecule has 1 saturated carbocycles. The predicted molar refractivity (Wildman–Crippen MR) is 105 cm³/mol. The highest BCUT2D eigenvalue weighted by atomic mass is 14.2. The maximum atomic E-state index is 2.27. The third-order valence-electron chi connectivity index (χ3n) is 4.21. The van der Waals surface area contributed by atoms with Gasteiger partial charge >= 0.3 is 0 Å². The molecule has 0 aliphatic heterocycles. The van der Waals surface area contributed by atoms with Crippen molar-refractivity contribution in [2.24, 2.45) is 0 Å². The van der Waals surface area contributed by atoms with Crippen LogP contribution in [0, 0.1) is 0 Å². The van der Waals surface area contributed by atoms with Gasteiger partial charge in [0.05, 0.1) is 0 Å². The van der Waals surface area contributed by atoms with E-state index in [2.05, 4.69) is 30.3 Å². The molecule has 0 nitrogen and oxygen atoms in total. The first-order valence-corrected chi connectivity index (χ1v) is 9.02. The van der Waals surface area contributed by atoms with E-state index in [1.807, 2.05) is 72.8 Å². The summed E-state index contributed by atoms with van der Waals surface area (Å²) >= 11 is 0. The summed E-state index contributed by atoms with van der Waals surface area (Å²) < 4.78 is 0. The van der Waals surface area contributed by atoms with Gasteiger partial charge in [-0.3, -0.25) is 0 Å². The van der Waals surface area contributed by atoms with Crippen LogP contribution >= 0.6 is 0 Å². The average Bonchev–Trinajstić information content (AvgIpc) is 2.73. The molecule has 1 aliphatic carbocycles. The van der Waals surface area contributed by atoms with Crippen molar-refractivity contribution in [2.45, 2.75) is 38.0 Å². The van der Waals surface area contributed by atoms with Crippen molar-refractivity contribution in [3.05, 3.63) is 109 Å². The standard InChI is InChI=1S/C12H16.2C6H6/c1-3-7-11(8-4-1)12-9-5-2-6-10-12;2*1-2-4-6-5-3-1/h1,3-4,7-8,12H,2,5-6,9-10H2;2*1-6H. The Morgan fingerprint density at radius 1 is 0.417 bits per heavy atom. The van der Waals surface area contributed by atoms with Gasteiger partial charge in [-0.05, 0) is 24.3 Å². The molecule has 3 aromatic rings. The van der Waals surface area contributed by atoms with Crippen LogP contribution in [0.4, 0.5) is 0 Å². The second-order valence-electron chi connectivity index (χ2n) is 6.06. The summed E-state index contributed by atoms with van der Waals surface area (Å²) in [6, 6.07) is 35.0. The van der Waals surface area contributed by atoms with E-state index in [4.69, 9.17) is 0 Å². The zero-order valence-electron chi connectivity index (χ0n) is 14.4. The summed E-state index contributed by atoms with van der Waals surface area (Å²) in [4.78, 5) is 0. The van der Waals surface area contributed by atoms with Gasteiger partial charge in [0.1, 0.15) is 0 Å². The zero-order valence-corrected chi connectivity index (χ0v) is 14.4. The Labute approximate surface area is 147 Å². The van der Waals surface area contributed by atoms with Gasteiger partial charge < -0.3 is 0 Å². The number of benzene rings is 3. The van der Waals surface area contributed by atoms with Gasteiger partial charge in [-0.25, -0.2) is 0 Å². The lowest BCUT2D eigenvalue weighted by atomic mass is 9.84. The molecule has 0 amide bonds. The van der Waals surface area contributed by atoms with E-state index < -0.39 is 0 Å². The highest BCUT2D eigenvalue weighted by Gasteiger charge is 2.14. The molecule has 0 heteroatoms. The molecule has 3 aromatic carbocycles. The summed E-state index contributed by atoms with van der Waals surface area (Å²) in [7, 11) is 0. The second-order valence-corrected chi connectivity index (χ2v) is 6.06. The topological polar surface area (TPSA) is 0 Å². The molecule has 0 saturated heterocycles. The van der Waals surface area contributed by atoms with Crippen LogP contribution in [-0.2, 0) is 0 Å². The smallest absolute Gasteiger partial charge is 0.0162 e. The lowest BCUT2D eigenvalue weighted by Gasteiger charge is -2.21. The molecule has 24 heavy (non-hydrogen) atoms. The zero-order chi connectivity index (χ0) is 16.7. The van der Waals surface area contributed by atoms with Gasteiger partial charge in [0.25, 0.3) is 0 Å². The van der Waals surface area contributed by atoms with Gasteiger partial charge in [-0.1, -0.05) is 122 Å². The SMILES string of the molecule is c1ccc(C2CCCCC2)cc1.c1ccccc1.c1ccccc1. The summed E-state index contributed by atoms with van der Waals surface area (Å²) in [6.07, 6.45) is 7.12. The van der Waals surface area contributed by atoms with Crippen LogP contribution in [0.15, 0.2) is 103 Å². The van der Waals surface area contributed by atoms with E-state index >= 15 is 0 Å². The first-order chi connectivity index (χ1) is 12.0. The van der Waals surface area contributed by atoms with Crippen molar-refractivity contribution < 1.29 is 0 Å². The summed E-state index contributed by atoms with van der Waals surface area (Å²) in [5, 5.41) is 0. The Balaban J connectivity index is 0.000000146. The minimum atomic E-state index is 0.861. The molecule has 124 valence electrons. The Bertz CT molecular complexity index is 510. The fourth-order valence-corrected chi connectivity index (χ4v) is 2.93. The largest absolute Gasteiger partial charge is 0.0623 e. The maximum Gasteiger partial charge on any atom is -0.0162 e. The molecular formula is C24H28. The monoisotopic (exact) mass is 316 g/mol. The van der Waals surface area contributed by atoms with Crippen molar-refractivity contribution in [2.75, 3.05) is 0 Å². The van der Waals surface area contributed by atoms with Gasteiger partial charge in [0.2, 0.25) is 0 Å². The molecule has 1 fully saturated rings. The summed E-state index contributed by atoms with van der Waals surface area (Å²) in [5.41, 5.74) is 1.55. The number of hydrogen-bond donors (Lipinski definition) is 0. The molecule has 0 N–H and O–H groups in total. The normalized spacial score (nSPS) is 13.7. The van der Waals surface area contributed by atoms with Crippen LogP contribution in [0.5, 0.6) is 0 Å². The van der Waals surface area contributed by atoms with Crippen LogP contribution in [0.2, 0.25) is 0 Å². The average molecular weight is 316 g/mol. The first-order valence-electron chi connectivity index (χ1n) is 9.02. The van der Waals surface area contributed by atoms with E-state index in [1.54, 1.807) is 5.56 Å². The molecule has 0 spiro atoms. The minimum Gasteiger partial charge on any atom is -0.0623 e. The van der Waals surface area contributed by atoms with E-state index in [0.717, 1.165) is 5.92 Å². The van der Waals surface area contributed by atoms with Gasteiger partial charge in [0.15, 0.2) is 0 Å². The van der Waals surface area contributed by atoms with Crippen molar-refractivity contribution in [1.82, 2.24) is 0 Å². The van der Waals surface area contributed by atoms with Gasteiger partial charge in [0, 0.05) is 0 Å². The van der Waals surface area contributed by atoms with E-state index in [0.29, 0.717) is 0 Å². The predicted octanol–water partition coefficient (Wildman–Crippen LogP) is 7.11. The third kappa shape index (κ3) is 7.78. The number of rotatable bonds is 1. The molecular weight excluding hydrogens is 288 g/mol. The molecule has 0 heterocycles. The molecule has 4 rings (SSSR count). The summed E-state index contributed by atoms with van der Waals surface area (Å²) in [6.45, 7) is 0. The van der Waals surface area contributed by atoms with Crippen molar-refractivity contribution >= 4 is 0 Å². The lowest BCUT2D eigenvalue weighted by Crippen LogP contribution is -2.03. The Hall–Kier alpha value is -2.34. The van der Waals surface area contributed by atoms with Crippen molar-refractivity contribution in [1.29, 1.82) is 0 Å². The fourth-order valence-electron chi connectivity index (χ4n) is 2.93. The van der Waals surface area contributed by atoms with E-state index in [-0.39, 0.29) is 0 Å². The van der Waals surface area contributed by atoms with Gasteiger partial charge in [-0.15, -0.1) is 0 Å². The van der Waals surface area contributed by atoms with Gasteiger partial charge in [-0.2, -0.15) is 0 Å². The Morgan fingerprint density at radius 2 is 0.750 bits per heavy atom. The minimum absolute atomic E-state index is 0.861. The maximum absolute atomic E-state index is 2.27. The van der Waals surface area contributed by atoms with E-state index in [1.165, 1.54) is 32.1 Å². The first kappa shape index (κ1) is 18.0. The lowest BCUT2D eigenvalue weighted by molar-refractivity contribution is 0.443. The molecule has 0 radical (unpaired) electrons. The third-order valence-corrected chi connectivity index (χ3v) is 4.21. The highest BCUT2D eigenvalue weighted by Crippen LogP contribution is 2.32. The second kappa shape index (κ2) is 12.1. The van der Waals surface area contributed by atoms with Crippen LogP contribution in [0.3, 0.4) is 0 Å². The molecule has 0 bridgehead atoms. The summed E-state index contributed by atoms with van der Waals surface area (Å²) in [5.74, 6) is 0.861. The highest BCUT2D eigenvalue weighted by molar-refractivity contribution is 5.19. The molecule has 0 aromatic heterocycles. The van der Waals surface area contributed by atoms with Crippen LogP contribution < -0.4 is 0 Å². The van der Waals surface area contributed by atoms with Crippen LogP contribution in [0.25, 0.3) is 0 Å². The molecule has 0 unspecified atom stereocenters. The van der Waals surface area contributed by atoms with Crippen molar-refractivity contribution in [3.8, 4) is 0 Å².